The third-order valence-corrected chi connectivity index (χ3v) is 7.95. The van der Waals surface area contributed by atoms with Gasteiger partial charge in [0.2, 0.25) is 0 Å². The number of benzene rings is 2. The predicted octanol–water partition coefficient (Wildman–Crippen LogP) is 6.78. The second kappa shape index (κ2) is 14.6. The molecular formula is C33H36N2O7S. The maximum absolute atomic E-state index is 13.6. The maximum Gasteiger partial charge on any atom is 0.350 e. The zero-order valence-electron chi connectivity index (χ0n) is 24.6. The summed E-state index contributed by atoms with van der Waals surface area (Å²) in [6.45, 7) is 10.5. The van der Waals surface area contributed by atoms with Crippen molar-refractivity contribution in [2.75, 3.05) is 24.7 Å². The van der Waals surface area contributed by atoms with Gasteiger partial charge in [-0.3, -0.25) is 14.5 Å². The van der Waals surface area contributed by atoms with Crippen LogP contribution in [0.25, 0.3) is 5.76 Å². The van der Waals surface area contributed by atoms with Gasteiger partial charge < -0.3 is 19.3 Å². The third kappa shape index (κ3) is 7.14. The summed E-state index contributed by atoms with van der Waals surface area (Å²) >= 11 is 0.945. The quantitative estimate of drug-likeness (QED) is 0.0535. The first-order valence-electron chi connectivity index (χ1n) is 14.3. The SMILES string of the molecule is C=CCOC(=O)c1sc(N2C(=O)C(=O)/C(=C(\O)c3ccc(OCCCC)cc3)C2c2ccc(OCCCC)cc2)nc1C. The number of hydrogen-bond donors (Lipinski definition) is 1. The molecular weight excluding hydrogens is 568 g/mol. The van der Waals surface area contributed by atoms with E-state index in [1.807, 2.05) is 0 Å². The molecule has 1 aliphatic rings. The van der Waals surface area contributed by atoms with Crippen LogP contribution >= 0.6 is 11.3 Å². The highest BCUT2D eigenvalue weighted by molar-refractivity contribution is 7.17. The summed E-state index contributed by atoms with van der Waals surface area (Å²) in [5.74, 6) is -1.39. The van der Waals surface area contributed by atoms with Crippen LogP contribution < -0.4 is 14.4 Å². The highest BCUT2D eigenvalue weighted by atomic mass is 32.1. The highest BCUT2D eigenvalue weighted by Gasteiger charge is 2.48. The number of ether oxygens (including phenoxy) is 3. The highest BCUT2D eigenvalue weighted by Crippen LogP contribution is 2.44. The molecule has 0 bridgehead atoms. The van der Waals surface area contributed by atoms with Gasteiger partial charge in [0.1, 0.15) is 28.7 Å². The first-order valence-corrected chi connectivity index (χ1v) is 15.1. The third-order valence-electron chi connectivity index (χ3n) is 6.81. The van der Waals surface area contributed by atoms with Crippen LogP contribution in [-0.4, -0.2) is 47.6 Å². The minimum absolute atomic E-state index is 0.0190. The van der Waals surface area contributed by atoms with Crippen LogP contribution in [0, 0.1) is 6.92 Å². The van der Waals surface area contributed by atoms with Crippen LogP contribution in [-0.2, 0) is 14.3 Å². The molecule has 0 spiro atoms. The van der Waals surface area contributed by atoms with Crippen molar-refractivity contribution >= 4 is 39.9 Å². The zero-order valence-corrected chi connectivity index (χ0v) is 25.4. The Labute approximate surface area is 255 Å². The number of carbonyl (C=O) groups excluding carboxylic acids is 3. The number of rotatable bonds is 14. The van der Waals surface area contributed by atoms with E-state index in [1.165, 1.54) is 11.0 Å². The van der Waals surface area contributed by atoms with E-state index in [0.29, 0.717) is 41.5 Å². The number of amides is 1. The second-order valence-corrected chi connectivity index (χ2v) is 10.9. The van der Waals surface area contributed by atoms with Gasteiger partial charge in [-0.15, -0.1) is 0 Å². The number of thiazole rings is 1. The Balaban J connectivity index is 1.77. The summed E-state index contributed by atoms with van der Waals surface area (Å²) in [7, 11) is 0. The molecule has 2 heterocycles. The number of esters is 1. The van der Waals surface area contributed by atoms with E-state index < -0.39 is 23.7 Å². The lowest BCUT2D eigenvalue weighted by molar-refractivity contribution is -0.132. The van der Waals surface area contributed by atoms with Gasteiger partial charge >= 0.3 is 11.9 Å². The summed E-state index contributed by atoms with van der Waals surface area (Å²) in [6, 6.07) is 12.7. The van der Waals surface area contributed by atoms with Crippen LogP contribution in [0.2, 0.25) is 0 Å². The number of nitrogens with zero attached hydrogens (tertiary/aromatic N) is 2. The normalized spacial score (nSPS) is 15.9. The molecule has 1 fully saturated rings. The van der Waals surface area contributed by atoms with Crippen molar-refractivity contribution in [3.63, 3.8) is 0 Å². The molecule has 9 nitrogen and oxygen atoms in total. The minimum atomic E-state index is -1.01. The molecule has 1 atom stereocenters. The number of carbonyl (C=O) groups is 3. The fourth-order valence-electron chi connectivity index (χ4n) is 4.50. The van der Waals surface area contributed by atoms with E-state index in [9.17, 15) is 19.5 Å². The molecule has 1 amide bonds. The number of ketones is 1. The van der Waals surface area contributed by atoms with Gasteiger partial charge in [-0.1, -0.05) is 62.8 Å². The van der Waals surface area contributed by atoms with Crippen molar-refractivity contribution < 1.29 is 33.7 Å². The number of aryl methyl sites for hydroxylation is 1. The van der Waals surface area contributed by atoms with Crippen LogP contribution in [0.4, 0.5) is 5.13 Å². The standard InChI is InChI=1S/C33H36N2O7S/c1-5-8-19-40-24-14-10-22(11-15-24)27-26(28(36)23-12-16-25(17-13-23)41-20-9-6-2)29(37)31(38)35(27)33-34-21(4)30(43-33)32(39)42-18-7-3/h7,10-17,27,36H,3,5-6,8-9,18-20H2,1-2,4H3/b28-26-. The van der Waals surface area contributed by atoms with E-state index in [2.05, 4.69) is 25.4 Å². The number of aliphatic hydroxyl groups is 1. The Morgan fingerprint density at radius 3 is 2.14 bits per heavy atom. The molecule has 1 saturated heterocycles. The molecule has 0 saturated carbocycles. The predicted molar refractivity (Wildman–Crippen MR) is 166 cm³/mol. The topological polar surface area (TPSA) is 115 Å². The monoisotopic (exact) mass is 604 g/mol. The van der Waals surface area contributed by atoms with E-state index >= 15 is 0 Å². The average molecular weight is 605 g/mol. The van der Waals surface area contributed by atoms with Crippen LogP contribution in [0.5, 0.6) is 11.5 Å². The number of aromatic nitrogens is 1. The molecule has 1 aliphatic heterocycles. The minimum Gasteiger partial charge on any atom is -0.507 e. The van der Waals surface area contributed by atoms with Gasteiger partial charge in [-0.25, -0.2) is 9.78 Å². The molecule has 0 radical (unpaired) electrons. The molecule has 1 unspecified atom stereocenters. The van der Waals surface area contributed by atoms with Crippen molar-refractivity contribution in [1.29, 1.82) is 0 Å². The van der Waals surface area contributed by atoms with Gasteiger partial charge in [0.05, 0.1) is 30.5 Å². The van der Waals surface area contributed by atoms with Crippen molar-refractivity contribution in [3.05, 3.63) is 88.5 Å². The zero-order chi connectivity index (χ0) is 30.9. The Bertz CT molecular complexity index is 1490. The number of unbranched alkanes of at least 4 members (excludes halogenated alkanes) is 2. The van der Waals surface area contributed by atoms with Crippen molar-refractivity contribution in [2.45, 2.75) is 52.5 Å². The Kier molecular flexibility index (Phi) is 10.7. The van der Waals surface area contributed by atoms with Crippen LogP contribution in [0.1, 0.15) is 72.1 Å². The Hall–Kier alpha value is -4.44. The number of Topliss-reactive ketones (excluding diaryl/α,β-unsaturated/α-hetero) is 1. The molecule has 4 rings (SSSR count). The smallest absolute Gasteiger partial charge is 0.350 e. The summed E-state index contributed by atoms with van der Waals surface area (Å²) in [6.07, 6.45) is 5.27. The Morgan fingerprint density at radius 1 is 1.00 bits per heavy atom. The number of hydrogen-bond acceptors (Lipinski definition) is 9. The fourth-order valence-corrected chi connectivity index (χ4v) is 5.49. The van der Waals surface area contributed by atoms with E-state index in [1.54, 1.807) is 55.5 Å². The van der Waals surface area contributed by atoms with Crippen molar-refractivity contribution in [2.24, 2.45) is 0 Å². The summed E-state index contributed by atoms with van der Waals surface area (Å²) in [5, 5.41) is 11.6. The van der Waals surface area contributed by atoms with Gasteiger partial charge in [0.25, 0.3) is 5.78 Å². The summed E-state index contributed by atoms with van der Waals surface area (Å²) in [5.41, 5.74) is 1.18. The lowest BCUT2D eigenvalue weighted by Gasteiger charge is -2.23. The average Bonchev–Trinajstić information content (AvgIpc) is 3.52. The van der Waals surface area contributed by atoms with E-state index in [-0.39, 0.29) is 27.9 Å². The first-order chi connectivity index (χ1) is 20.8. The largest absolute Gasteiger partial charge is 0.507 e. The molecule has 10 heteroatoms. The fraction of sp³-hybridized carbons (Fsp3) is 0.333. The van der Waals surface area contributed by atoms with E-state index in [0.717, 1.165) is 37.0 Å². The van der Waals surface area contributed by atoms with Crippen LogP contribution in [0.3, 0.4) is 0 Å². The molecule has 1 N–H and O–H groups in total. The Morgan fingerprint density at radius 2 is 1.58 bits per heavy atom. The van der Waals surface area contributed by atoms with Crippen LogP contribution in [0.15, 0.2) is 66.8 Å². The van der Waals surface area contributed by atoms with Gasteiger partial charge in [0.15, 0.2) is 5.13 Å². The molecule has 226 valence electrons. The van der Waals surface area contributed by atoms with Gasteiger partial charge in [-0.2, -0.15) is 0 Å². The van der Waals surface area contributed by atoms with Crippen molar-refractivity contribution in [3.8, 4) is 11.5 Å². The maximum atomic E-state index is 13.6. The summed E-state index contributed by atoms with van der Waals surface area (Å²) in [4.78, 5) is 45.6. The second-order valence-electron chi connectivity index (χ2n) is 9.96. The number of aliphatic hydroxyl groups excluding tert-OH is 1. The molecule has 1 aromatic heterocycles. The summed E-state index contributed by atoms with van der Waals surface area (Å²) < 4.78 is 16.7. The van der Waals surface area contributed by atoms with Crippen molar-refractivity contribution in [1.82, 2.24) is 4.98 Å². The lowest BCUT2D eigenvalue weighted by Crippen LogP contribution is -2.29. The van der Waals surface area contributed by atoms with E-state index in [4.69, 9.17) is 14.2 Å². The first kappa shape index (κ1) is 31.5. The molecule has 43 heavy (non-hydrogen) atoms. The molecule has 2 aromatic carbocycles. The van der Waals surface area contributed by atoms with Gasteiger partial charge in [0, 0.05) is 5.56 Å². The van der Waals surface area contributed by atoms with Gasteiger partial charge in [-0.05, 0) is 61.7 Å². The molecule has 0 aliphatic carbocycles. The lowest BCUT2D eigenvalue weighted by atomic mass is 9.95. The number of anilines is 1. The molecule has 3 aromatic rings.